The highest BCUT2D eigenvalue weighted by Crippen LogP contribution is 2.36. The van der Waals surface area contributed by atoms with Crippen molar-refractivity contribution in [1.82, 2.24) is 0 Å². The Labute approximate surface area is 95.8 Å². The van der Waals surface area contributed by atoms with E-state index in [9.17, 15) is 41.0 Å². The number of esters is 1. The van der Waals surface area contributed by atoms with E-state index in [1.807, 2.05) is 0 Å². The summed E-state index contributed by atoms with van der Waals surface area (Å²) in [4.78, 5) is 20.7. The second-order valence-electron chi connectivity index (χ2n) is 3.02. The maximum atomic E-state index is 11.9. The number of aliphatic carboxylic acids is 1. The van der Waals surface area contributed by atoms with Gasteiger partial charge in [0.15, 0.2) is 0 Å². The summed E-state index contributed by atoms with van der Waals surface area (Å²) in [7, 11) is 0. The van der Waals surface area contributed by atoms with Crippen molar-refractivity contribution >= 4 is 11.9 Å². The normalized spacial score (nSPS) is 12.4. The van der Waals surface area contributed by atoms with Crippen molar-refractivity contribution in [3.05, 3.63) is 12.2 Å². The molecule has 10 heteroatoms. The van der Waals surface area contributed by atoms with E-state index < -0.39 is 42.4 Å². The summed E-state index contributed by atoms with van der Waals surface area (Å²) in [5.74, 6) is -4.01. The first-order valence-electron chi connectivity index (χ1n) is 4.07. The molecule has 0 aromatic rings. The predicted molar refractivity (Wildman–Crippen MR) is 40.8 cm³/mol. The lowest BCUT2D eigenvalue weighted by Crippen LogP contribution is -2.45. The van der Waals surface area contributed by atoms with E-state index in [-0.39, 0.29) is 0 Å². The number of hydrogen-bond acceptors (Lipinski definition) is 4. The highest BCUT2D eigenvalue weighted by molar-refractivity contribution is 5.92. The van der Waals surface area contributed by atoms with Crippen LogP contribution in [0.3, 0.4) is 0 Å². The van der Waals surface area contributed by atoms with Crippen LogP contribution in [-0.4, -0.2) is 30.4 Å². The molecule has 0 heterocycles. The first-order valence-corrected chi connectivity index (χ1v) is 4.07. The van der Waals surface area contributed by atoms with Gasteiger partial charge in [-0.15, -0.1) is 0 Å². The maximum Gasteiger partial charge on any atom is 0.434 e. The molecular formula is C8H5F6O4-. The number of ether oxygens (including phenoxy) is 1. The van der Waals surface area contributed by atoms with Gasteiger partial charge in [0.25, 0.3) is 6.10 Å². The lowest BCUT2D eigenvalue weighted by atomic mass is 10.2. The molecule has 0 radical (unpaired) electrons. The van der Waals surface area contributed by atoms with Gasteiger partial charge < -0.3 is 14.6 Å². The van der Waals surface area contributed by atoms with Crippen LogP contribution in [0.25, 0.3) is 0 Å². The average Bonchev–Trinajstić information content (AvgIpc) is 2.08. The number of halogens is 6. The molecule has 0 saturated carbocycles. The molecule has 0 aliphatic heterocycles. The third-order valence-electron chi connectivity index (χ3n) is 1.47. The quantitative estimate of drug-likeness (QED) is 0.432. The predicted octanol–water partition coefficient (Wildman–Crippen LogP) is 0.719. The van der Waals surface area contributed by atoms with Gasteiger partial charge in [0, 0.05) is 18.0 Å². The highest BCUT2D eigenvalue weighted by Gasteiger charge is 2.59. The Morgan fingerprint density at radius 1 is 1.11 bits per heavy atom. The lowest BCUT2D eigenvalue weighted by Gasteiger charge is -2.23. The summed E-state index contributed by atoms with van der Waals surface area (Å²) < 4.78 is 74.8. The van der Waals surface area contributed by atoms with E-state index in [1.54, 1.807) is 0 Å². The van der Waals surface area contributed by atoms with Gasteiger partial charge in [-0.3, -0.25) is 0 Å². The minimum Gasteiger partial charge on any atom is -0.550 e. The molecule has 0 unspecified atom stereocenters. The molecule has 0 rings (SSSR count). The first kappa shape index (κ1) is 16.3. The fourth-order valence-electron chi connectivity index (χ4n) is 0.756. The second-order valence-corrected chi connectivity index (χ2v) is 3.02. The fraction of sp³-hybridized carbons (Fsp3) is 0.500. The molecule has 18 heavy (non-hydrogen) atoms. The van der Waals surface area contributed by atoms with Gasteiger partial charge in [-0.25, -0.2) is 4.79 Å². The molecule has 0 amide bonds. The van der Waals surface area contributed by atoms with Gasteiger partial charge in [-0.1, -0.05) is 6.58 Å². The smallest absolute Gasteiger partial charge is 0.434 e. The summed E-state index contributed by atoms with van der Waals surface area (Å²) >= 11 is 0. The van der Waals surface area contributed by atoms with Crippen LogP contribution in [0.5, 0.6) is 0 Å². The highest BCUT2D eigenvalue weighted by atomic mass is 19.4. The number of rotatable bonds is 4. The van der Waals surface area contributed by atoms with Crippen LogP contribution in [0.4, 0.5) is 26.3 Å². The third-order valence-corrected chi connectivity index (χ3v) is 1.47. The van der Waals surface area contributed by atoms with Crippen LogP contribution >= 0.6 is 0 Å². The number of carboxylic acid groups (broad SMARTS) is 1. The van der Waals surface area contributed by atoms with Crippen molar-refractivity contribution in [2.24, 2.45) is 0 Å². The number of carbonyl (C=O) groups excluding carboxylic acids is 2. The van der Waals surface area contributed by atoms with Gasteiger partial charge >= 0.3 is 18.3 Å². The molecular weight excluding hydrogens is 274 g/mol. The van der Waals surface area contributed by atoms with Gasteiger partial charge in [0.2, 0.25) is 0 Å². The Hall–Kier alpha value is -1.74. The molecule has 0 saturated heterocycles. The Bertz CT molecular complexity index is 342. The van der Waals surface area contributed by atoms with Crippen LogP contribution in [0.2, 0.25) is 0 Å². The van der Waals surface area contributed by atoms with Crippen molar-refractivity contribution in [3.8, 4) is 0 Å². The van der Waals surface area contributed by atoms with Crippen LogP contribution in [0, 0.1) is 0 Å². The topological polar surface area (TPSA) is 66.4 Å². The van der Waals surface area contributed by atoms with Crippen LogP contribution in [0.15, 0.2) is 12.2 Å². The summed E-state index contributed by atoms with van der Waals surface area (Å²) in [5.41, 5.74) is -1.09. The Balaban J connectivity index is 4.87. The largest absolute Gasteiger partial charge is 0.550 e. The van der Waals surface area contributed by atoms with Crippen LogP contribution < -0.4 is 5.11 Å². The minimum atomic E-state index is -5.87. The molecule has 0 fully saturated rings. The zero-order chi connectivity index (χ0) is 14.7. The van der Waals surface area contributed by atoms with Crippen molar-refractivity contribution in [2.75, 3.05) is 0 Å². The van der Waals surface area contributed by atoms with E-state index in [2.05, 4.69) is 11.3 Å². The van der Waals surface area contributed by atoms with Gasteiger partial charge in [0.1, 0.15) is 0 Å². The number of hydrogen-bond donors (Lipinski definition) is 0. The molecule has 0 spiro atoms. The number of carbonyl (C=O) groups is 2. The summed E-state index contributed by atoms with van der Waals surface area (Å²) in [6.45, 7) is 2.68. The summed E-state index contributed by atoms with van der Waals surface area (Å²) in [6.07, 6.45) is -17.3. The molecule has 0 aliphatic carbocycles. The number of alkyl halides is 6. The SMILES string of the molecule is C=C(CC(=O)[O-])C(=O)OC(C(F)(F)F)C(F)(F)F. The van der Waals surface area contributed by atoms with E-state index >= 15 is 0 Å². The van der Waals surface area contributed by atoms with Crippen LogP contribution in [0.1, 0.15) is 6.42 Å². The van der Waals surface area contributed by atoms with Gasteiger partial charge in [-0.05, 0) is 0 Å². The standard InChI is InChI=1S/C8H6F6O4/c1-3(2-4(15)16)5(17)18-6(7(9,10)11)8(12,13)14/h6H,1-2H2,(H,15,16)/p-1. The fourth-order valence-corrected chi connectivity index (χ4v) is 0.756. The molecule has 0 N–H and O–H groups in total. The lowest BCUT2D eigenvalue weighted by molar-refractivity contribution is -0.312. The molecule has 0 aliphatic rings. The molecule has 0 bridgehead atoms. The Morgan fingerprint density at radius 2 is 1.50 bits per heavy atom. The van der Waals surface area contributed by atoms with Gasteiger partial charge in [-0.2, -0.15) is 26.3 Å². The maximum absolute atomic E-state index is 11.9. The van der Waals surface area contributed by atoms with E-state index in [1.165, 1.54) is 0 Å². The molecule has 0 atom stereocenters. The molecule has 0 aromatic carbocycles. The first-order chi connectivity index (χ1) is 7.85. The summed E-state index contributed by atoms with van der Waals surface area (Å²) in [6, 6.07) is 0. The van der Waals surface area contributed by atoms with Crippen molar-refractivity contribution in [2.45, 2.75) is 24.9 Å². The van der Waals surface area contributed by atoms with E-state index in [0.717, 1.165) is 0 Å². The molecule has 0 aromatic heterocycles. The zero-order valence-corrected chi connectivity index (χ0v) is 8.39. The van der Waals surface area contributed by atoms with Crippen LogP contribution in [-0.2, 0) is 14.3 Å². The van der Waals surface area contributed by atoms with Gasteiger partial charge in [0.05, 0.1) is 0 Å². The Morgan fingerprint density at radius 3 is 1.78 bits per heavy atom. The van der Waals surface area contributed by atoms with Crippen molar-refractivity contribution in [3.63, 3.8) is 0 Å². The van der Waals surface area contributed by atoms with E-state index in [4.69, 9.17) is 0 Å². The zero-order valence-electron chi connectivity index (χ0n) is 8.39. The third kappa shape index (κ3) is 5.06. The molecule has 104 valence electrons. The summed E-state index contributed by atoms with van der Waals surface area (Å²) in [5, 5.41) is 9.97. The van der Waals surface area contributed by atoms with Crippen molar-refractivity contribution in [1.29, 1.82) is 0 Å². The number of carboxylic acids is 1. The molecule has 4 nitrogen and oxygen atoms in total. The average molecular weight is 279 g/mol. The second kappa shape index (κ2) is 5.27. The minimum absolute atomic E-state index is 1.09. The monoisotopic (exact) mass is 279 g/mol. The Kier molecular flexibility index (Phi) is 4.76. The van der Waals surface area contributed by atoms with E-state index in [0.29, 0.717) is 0 Å². The van der Waals surface area contributed by atoms with Crippen molar-refractivity contribution < 1.29 is 45.8 Å².